The average molecular weight is 295 g/mol. The topological polar surface area (TPSA) is 20.3 Å². The second-order valence-corrected chi connectivity index (χ2v) is 5.54. The van der Waals surface area contributed by atoms with Crippen LogP contribution in [-0.4, -0.2) is 29.6 Å². The summed E-state index contributed by atoms with van der Waals surface area (Å²) in [5.74, 6) is -1.84. The zero-order valence-corrected chi connectivity index (χ0v) is 11.4. The molecule has 1 aliphatic carbocycles. The number of benzene rings is 1. The predicted octanol–water partition coefficient (Wildman–Crippen LogP) is 3.44. The molecule has 0 saturated heterocycles. The number of fused-ring (bicyclic) bond motifs is 3. The Balaban J connectivity index is 2.01. The van der Waals surface area contributed by atoms with Gasteiger partial charge >= 0.3 is 12.1 Å². The van der Waals surface area contributed by atoms with E-state index >= 15 is 0 Å². The average Bonchev–Trinajstić information content (AvgIpc) is 2.63. The van der Waals surface area contributed by atoms with Gasteiger partial charge in [-0.05, 0) is 30.4 Å². The quantitative estimate of drug-likeness (QED) is 0.671. The van der Waals surface area contributed by atoms with Crippen LogP contribution in [0.4, 0.5) is 13.2 Å². The molecule has 0 fully saturated rings. The Morgan fingerprint density at radius 3 is 2.76 bits per heavy atom. The zero-order valence-electron chi connectivity index (χ0n) is 11.4. The van der Waals surface area contributed by atoms with Gasteiger partial charge < -0.3 is 4.90 Å². The molecule has 0 radical (unpaired) electrons. The van der Waals surface area contributed by atoms with Gasteiger partial charge in [0.1, 0.15) is 0 Å². The predicted molar refractivity (Wildman–Crippen MR) is 72.8 cm³/mol. The third kappa shape index (κ3) is 2.57. The number of carbonyl (C=O) groups is 1. The van der Waals surface area contributed by atoms with Crippen LogP contribution in [0.25, 0.3) is 0 Å². The van der Waals surface area contributed by atoms with Crippen molar-refractivity contribution in [1.29, 1.82) is 0 Å². The molecule has 1 aromatic rings. The Kier molecular flexibility index (Phi) is 3.51. The first-order chi connectivity index (χ1) is 9.98. The zero-order chi connectivity index (χ0) is 15.0. The first kappa shape index (κ1) is 14.2. The van der Waals surface area contributed by atoms with E-state index < -0.39 is 18.1 Å². The van der Waals surface area contributed by atoms with E-state index in [1.54, 1.807) is 0 Å². The van der Waals surface area contributed by atoms with Crippen molar-refractivity contribution in [3.05, 3.63) is 47.5 Å². The fourth-order valence-electron chi connectivity index (χ4n) is 3.39. The molecule has 5 heteroatoms. The van der Waals surface area contributed by atoms with Crippen LogP contribution in [0.15, 0.2) is 36.4 Å². The smallest absolute Gasteiger partial charge is 0.331 e. The standard InChI is InChI=1S/C16H16F3NO/c17-16(18,19)15(21)20-10-9-11-5-1-2-6-12(11)13-7-3-4-8-14(13)20/h1-3,5-7,13-14H,4,8-10H2. The van der Waals surface area contributed by atoms with Gasteiger partial charge in [0, 0.05) is 18.5 Å². The van der Waals surface area contributed by atoms with Crippen LogP contribution >= 0.6 is 0 Å². The summed E-state index contributed by atoms with van der Waals surface area (Å²) in [6.07, 6.45) is 0.915. The van der Waals surface area contributed by atoms with E-state index in [0.717, 1.165) is 16.0 Å². The molecule has 0 spiro atoms. The summed E-state index contributed by atoms with van der Waals surface area (Å²) < 4.78 is 38.5. The molecule has 1 amide bonds. The van der Waals surface area contributed by atoms with Crippen molar-refractivity contribution in [3.8, 4) is 0 Å². The van der Waals surface area contributed by atoms with E-state index in [2.05, 4.69) is 0 Å². The molecule has 1 aromatic carbocycles. The minimum atomic E-state index is -4.80. The second-order valence-electron chi connectivity index (χ2n) is 5.54. The van der Waals surface area contributed by atoms with Gasteiger partial charge in [-0.15, -0.1) is 0 Å². The van der Waals surface area contributed by atoms with Crippen LogP contribution in [-0.2, 0) is 11.2 Å². The van der Waals surface area contributed by atoms with Crippen LogP contribution in [0.5, 0.6) is 0 Å². The molecule has 0 bridgehead atoms. The number of hydrogen-bond acceptors (Lipinski definition) is 1. The number of carbonyl (C=O) groups excluding carboxylic acids is 1. The highest BCUT2D eigenvalue weighted by atomic mass is 19.4. The summed E-state index contributed by atoms with van der Waals surface area (Å²) in [6, 6.07) is 7.30. The maximum absolute atomic E-state index is 12.8. The fraction of sp³-hybridized carbons (Fsp3) is 0.438. The third-order valence-corrected chi connectivity index (χ3v) is 4.33. The van der Waals surface area contributed by atoms with Gasteiger partial charge in [0.2, 0.25) is 0 Å². The monoisotopic (exact) mass is 295 g/mol. The lowest BCUT2D eigenvalue weighted by Crippen LogP contribution is -2.49. The molecule has 2 atom stereocenters. The van der Waals surface area contributed by atoms with E-state index in [4.69, 9.17) is 0 Å². The number of alkyl halides is 3. The lowest BCUT2D eigenvalue weighted by atomic mass is 9.83. The highest BCUT2D eigenvalue weighted by Gasteiger charge is 2.46. The highest BCUT2D eigenvalue weighted by molar-refractivity contribution is 5.82. The normalized spacial score (nSPS) is 25.0. The minimum absolute atomic E-state index is 0.129. The number of allylic oxidation sites excluding steroid dienone is 1. The SMILES string of the molecule is O=C(N1CCc2ccccc2C2C=CCCC21)C(F)(F)F. The van der Waals surface area contributed by atoms with Crippen molar-refractivity contribution >= 4 is 5.91 Å². The van der Waals surface area contributed by atoms with Crippen molar-refractivity contribution in [2.45, 2.75) is 37.4 Å². The lowest BCUT2D eigenvalue weighted by molar-refractivity contribution is -0.188. The molecule has 2 aliphatic rings. The van der Waals surface area contributed by atoms with Crippen molar-refractivity contribution < 1.29 is 18.0 Å². The van der Waals surface area contributed by atoms with Crippen LogP contribution < -0.4 is 0 Å². The number of halogens is 3. The van der Waals surface area contributed by atoms with E-state index in [1.807, 2.05) is 36.4 Å². The summed E-state index contributed by atoms with van der Waals surface area (Å²) in [5, 5.41) is 0. The van der Waals surface area contributed by atoms with Gasteiger partial charge in [-0.3, -0.25) is 4.79 Å². The molecule has 0 aromatic heterocycles. The van der Waals surface area contributed by atoms with E-state index in [-0.39, 0.29) is 12.5 Å². The van der Waals surface area contributed by atoms with Crippen LogP contribution in [0.2, 0.25) is 0 Å². The number of rotatable bonds is 0. The Labute approximate surface area is 121 Å². The van der Waals surface area contributed by atoms with Crippen LogP contribution in [0.1, 0.15) is 29.9 Å². The van der Waals surface area contributed by atoms with Gasteiger partial charge in [0.05, 0.1) is 0 Å². The molecular formula is C16H16F3NO. The summed E-state index contributed by atoms with van der Waals surface area (Å²) in [5.41, 5.74) is 2.09. The van der Waals surface area contributed by atoms with Crippen molar-refractivity contribution in [2.24, 2.45) is 0 Å². The molecular weight excluding hydrogens is 279 g/mol. The van der Waals surface area contributed by atoms with E-state index in [1.165, 1.54) is 0 Å². The number of amides is 1. The fourth-order valence-corrected chi connectivity index (χ4v) is 3.39. The molecule has 2 unspecified atom stereocenters. The van der Waals surface area contributed by atoms with Crippen LogP contribution in [0.3, 0.4) is 0 Å². The second kappa shape index (κ2) is 5.20. The van der Waals surface area contributed by atoms with Crippen LogP contribution in [0, 0.1) is 0 Å². The number of hydrogen-bond donors (Lipinski definition) is 0. The summed E-state index contributed by atoms with van der Waals surface area (Å²) in [6.45, 7) is 0.129. The lowest BCUT2D eigenvalue weighted by Gasteiger charge is -2.36. The molecule has 21 heavy (non-hydrogen) atoms. The minimum Gasteiger partial charge on any atom is -0.331 e. The maximum Gasteiger partial charge on any atom is 0.471 e. The van der Waals surface area contributed by atoms with Gasteiger partial charge in [-0.2, -0.15) is 13.2 Å². The summed E-state index contributed by atoms with van der Waals surface area (Å²) >= 11 is 0. The van der Waals surface area contributed by atoms with Gasteiger partial charge in [-0.25, -0.2) is 0 Å². The third-order valence-electron chi connectivity index (χ3n) is 4.33. The Morgan fingerprint density at radius 1 is 1.24 bits per heavy atom. The van der Waals surface area contributed by atoms with Crippen molar-refractivity contribution in [2.75, 3.05) is 6.54 Å². The Hall–Kier alpha value is -1.78. The summed E-state index contributed by atoms with van der Waals surface area (Å²) in [4.78, 5) is 12.8. The highest BCUT2D eigenvalue weighted by Crippen LogP contribution is 2.38. The first-order valence-corrected chi connectivity index (χ1v) is 7.11. The summed E-state index contributed by atoms with van der Waals surface area (Å²) in [7, 11) is 0. The van der Waals surface area contributed by atoms with Crippen molar-refractivity contribution in [3.63, 3.8) is 0 Å². The number of nitrogens with zero attached hydrogens (tertiary/aromatic N) is 1. The van der Waals surface area contributed by atoms with Crippen molar-refractivity contribution in [1.82, 2.24) is 4.90 Å². The molecule has 2 nitrogen and oxygen atoms in total. The van der Waals surface area contributed by atoms with Gasteiger partial charge in [-0.1, -0.05) is 36.4 Å². The maximum atomic E-state index is 12.8. The van der Waals surface area contributed by atoms with E-state index in [9.17, 15) is 18.0 Å². The van der Waals surface area contributed by atoms with Gasteiger partial charge in [0.25, 0.3) is 0 Å². The molecule has 112 valence electrons. The molecule has 0 saturated carbocycles. The molecule has 3 rings (SSSR count). The Morgan fingerprint density at radius 2 is 2.00 bits per heavy atom. The molecule has 0 N–H and O–H groups in total. The largest absolute Gasteiger partial charge is 0.471 e. The van der Waals surface area contributed by atoms with E-state index in [0.29, 0.717) is 19.3 Å². The Bertz CT molecular complexity index is 579. The molecule has 1 heterocycles. The molecule has 1 aliphatic heterocycles. The van der Waals surface area contributed by atoms with Gasteiger partial charge in [0.15, 0.2) is 0 Å². The first-order valence-electron chi connectivity index (χ1n) is 7.11.